The molecule has 0 radical (unpaired) electrons. The van der Waals surface area contributed by atoms with Gasteiger partial charge in [0.25, 0.3) is 0 Å². The van der Waals surface area contributed by atoms with Crippen molar-refractivity contribution in [3.63, 3.8) is 0 Å². The van der Waals surface area contributed by atoms with E-state index in [4.69, 9.17) is 18.0 Å². The summed E-state index contributed by atoms with van der Waals surface area (Å²) in [6.45, 7) is 0. The summed E-state index contributed by atoms with van der Waals surface area (Å²) in [6.07, 6.45) is 4.95. The maximum absolute atomic E-state index is 10.0. The average Bonchev–Trinajstić information content (AvgIpc) is 2.55. The van der Waals surface area contributed by atoms with Crippen molar-refractivity contribution < 1.29 is 5.11 Å². The van der Waals surface area contributed by atoms with Crippen LogP contribution in [0.3, 0.4) is 0 Å². The van der Waals surface area contributed by atoms with Crippen LogP contribution in [0.4, 0.5) is 5.82 Å². The largest absolute Gasteiger partial charge is 0.391 e. The second-order valence-electron chi connectivity index (χ2n) is 4.73. The van der Waals surface area contributed by atoms with Crippen LogP contribution in [-0.2, 0) is 0 Å². The van der Waals surface area contributed by atoms with E-state index in [9.17, 15) is 5.11 Å². The topological polar surface area (TPSA) is 71.2 Å². The quantitative estimate of drug-likeness (QED) is 0.574. The SMILES string of the molecule is NC(=S)c1cccc(NC2CCCCCC2O)n1. The highest BCUT2D eigenvalue weighted by Crippen LogP contribution is 2.21. The van der Waals surface area contributed by atoms with Gasteiger partial charge in [-0.3, -0.25) is 0 Å². The summed E-state index contributed by atoms with van der Waals surface area (Å²) >= 11 is 4.91. The van der Waals surface area contributed by atoms with Crippen LogP contribution in [0.15, 0.2) is 18.2 Å². The Kier molecular flexibility index (Phi) is 4.49. The number of rotatable bonds is 3. The van der Waals surface area contributed by atoms with Crippen LogP contribution < -0.4 is 11.1 Å². The molecular formula is C13H19N3OS. The molecule has 0 spiro atoms. The Morgan fingerprint density at radius 1 is 1.33 bits per heavy atom. The van der Waals surface area contributed by atoms with Crippen molar-refractivity contribution in [2.24, 2.45) is 5.73 Å². The number of pyridine rings is 1. The second-order valence-corrected chi connectivity index (χ2v) is 5.17. The minimum atomic E-state index is -0.303. The van der Waals surface area contributed by atoms with Crippen LogP contribution in [-0.4, -0.2) is 27.2 Å². The fourth-order valence-electron chi connectivity index (χ4n) is 2.30. The predicted octanol–water partition coefficient (Wildman–Crippen LogP) is 1.82. The lowest BCUT2D eigenvalue weighted by Crippen LogP contribution is -2.33. The number of aromatic nitrogens is 1. The van der Waals surface area contributed by atoms with Gasteiger partial charge in [0, 0.05) is 0 Å². The number of hydrogen-bond donors (Lipinski definition) is 3. The first-order chi connectivity index (χ1) is 8.66. The number of thiocarbonyl (C=S) groups is 1. The van der Waals surface area contributed by atoms with E-state index in [1.54, 1.807) is 6.07 Å². The standard InChI is InChI=1S/C13H19N3OS/c14-13(18)10-6-4-8-12(16-10)15-9-5-2-1-3-7-11(9)17/h4,6,8-9,11,17H,1-3,5,7H2,(H2,14,18)(H,15,16). The van der Waals surface area contributed by atoms with Gasteiger partial charge >= 0.3 is 0 Å². The highest BCUT2D eigenvalue weighted by atomic mass is 32.1. The molecule has 0 aromatic carbocycles. The highest BCUT2D eigenvalue weighted by molar-refractivity contribution is 7.80. The number of aliphatic hydroxyl groups excluding tert-OH is 1. The summed E-state index contributed by atoms with van der Waals surface area (Å²) in [5, 5.41) is 13.3. The zero-order chi connectivity index (χ0) is 13.0. The third kappa shape index (κ3) is 3.40. The molecule has 1 aliphatic carbocycles. The van der Waals surface area contributed by atoms with Gasteiger partial charge in [0.15, 0.2) is 0 Å². The first-order valence-electron chi connectivity index (χ1n) is 6.38. The smallest absolute Gasteiger partial charge is 0.127 e. The van der Waals surface area contributed by atoms with E-state index >= 15 is 0 Å². The minimum absolute atomic E-state index is 0.0709. The molecule has 2 rings (SSSR count). The summed E-state index contributed by atoms with van der Waals surface area (Å²) in [7, 11) is 0. The van der Waals surface area contributed by atoms with Gasteiger partial charge in [-0.25, -0.2) is 4.98 Å². The molecule has 0 aliphatic heterocycles. The second kappa shape index (κ2) is 6.11. The molecule has 2 unspecified atom stereocenters. The lowest BCUT2D eigenvalue weighted by atomic mass is 10.1. The Balaban J connectivity index is 2.07. The van der Waals surface area contributed by atoms with E-state index in [1.165, 1.54) is 6.42 Å². The lowest BCUT2D eigenvalue weighted by molar-refractivity contribution is 0.144. The summed E-state index contributed by atoms with van der Waals surface area (Å²) in [5.74, 6) is 0.728. The fourth-order valence-corrected chi connectivity index (χ4v) is 2.41. The summed E-state index contributed by atoms with van der Waals surface area (Å²) in [5.41, 5.74) is 6.17. The molecule has 98 valence electrons. The Labute approximate surface area is 113 Å². The van der Waals surface area contributed by atoms with Crippen LogP contribution in [0.25, 0.3) is 0 Å². The number of anilines is 1. The molecule has 4 N–H and O–H groups in total. The van der Waals surface area contributed by atoms with E-state index in [0.717, 1.165) is 31.5 Å². The molecule has 0 saturated heterocycles. The number of aliphatic hydroxyl groups is 1. The molecule has 1 aliphatic rings. The Morgan fingerprint density at radius 2 is 2.11 bits per heavy atom. The number of nitrogens with one attached hydrogen (secondary N) is 1. The molecule has 1 heterocycles. The van der Waals surface area contributed by atoms with Gasteiger partial charge in [0.1, 0.15) is 10.8 Å². The van der Waals surface area contributed by atoms with Gasteiger partial charge < -0.3 is 16.2 Å². The highest BCUT2D eigenvalue weighted by Gasteiger charge is 2.21. The maximum Gasteiger partial charge on any atom is 0.127 e. The van der Waals surface area contributed by atoms with Crippen molar-refractivity contribution in [1.82, 2.24) is 4.98 Å². The van der Waals surface area contributed by atoms with Gasteiger partial charge in [-0.05, 0) is 25.0 Å². The van der Waals surface area contributed by atoms with Gasteiger partial charge in [0.05, 0.1) is 17.8 Å². The van der Waals surface area contributed by atoms with Crippen molar-refractivity contribution in [3.05, 3.63) is 23.9 Å². The molecule has 1 saturated carbocycles. The first-order valence-corrected chi connectivity index (χ1v) is 6.79. The molecule has 1 fully saturated rings. The summed E-state index contributed by atoms with van der Waals surface area (Å²) in [6, 6.07) is 5.60. The number of nitrogens with two attached hydrogens (primary N) is 1. The molecular weight excluding hydrogens is 246 g/mol. The van der Waals surface area contributed by atoms with E-state index in [-0.39, 0.29) is 12.1 Å². The van der Waals surface area contributed by atoms with Crippen molar-refractivity contribution in [3.8, 4) is 0 Å². The predicted molar refractivity (Wildman–Crippen MR) is 76.6 cm³/mol. The average molecular weight is 265 g/mol. The van der Waals surface area contributed by atoms with E-state index in [1.807, 2.05) is 12.1 Å². The fraction of sp³-hybridized carbons (Fsp3) is 0.538. The van der Waals surface area contributed by atoms with Gasteiger partial charge in [-0.2, -0.15) is 0 Å². The number of nitrogens with zero attached hydrogens (tertiary/aromatic N) is 1. The molecule has 4 nitrogen and oxygen atoms in total. The monoisotopic (exact) mass is 265 g/mol. The molecule has 1 aromatic heterocycles. The molecule has 1 aromatic rings. The molecule has 0 bridgehead atoms. The summed E-state index contributed by atoms with van der Waals surface area (Å²) < 4.78 is 0. The molecule has 2 atom stereocenters. The molecule has 0 amide bonds. The van der Waals surface area contributed by atoms with Crippen LogP contribution in [0.5, 0.6) is 0 Å². The molecule has 18 heavy (non-hydrogen) atoms. The zero-order valence-electron chi connectivity index (χ0n) is 10.3. The Bertz CT molecular complexity index is 424. The zero-order valence-corrected chi connectivity index (χ0v) is 11.1. The Hall–Kier alpha value is -1.20. The van der Waals surface area contributed by atoms with Crippen LogP contribution in [0.2, 0.25) is 0 Å². The van der Waals surface area contributed by atoms with Crippen LogP contribution in [0.1, 0.15) is 37.8 Å². The third-order valence-electron chi connectivity index (χ3n) is 3.31. The van der Waals surface area contributed by atoms with E-state index in [0.29, 0.717) is 10.7 Å². The normalized spacial score (nSPS) is 24.3. The third-order valence-corrected chi connectivity index (χ3v) is 3.52. The first kappa shape index (κ1) is 13.2. The Morgan fingerprint density at radius 3 is 2.89 bits per heavy atom. The van der Waals surface area contributed by atoms with Crippen molar-refractivity contribution in [2.75, 3.05) is 5.32 Å². The molecule has 5 heteroatoms. The lowest BCUT2D eigenvalue weighted by Gasteiger charge is -2.22. The summed E-state index contributed by atoms with van der Waals surface area (Å²) in [4.78, 5) is 4.63. The van der Waals surface area contributed by atoms with E-state index < -0.39 is 0 Å². The van der Waals surface area contributed by atoms with Crippen LogP contribution >= 0.6 is 12.2 Å². The van der Waals surface area contributed by atoms with Crippen molar-refractivity contribution >= 4 is 23.0 Å². The van der Waals surface area contributed by atoms with Gasteiger partial charge in [-0.15, -0.1) is 0 Å². The van der Waals surface area contributed by atoms with Crippen LogP contribution in [0, 0.1) is 0 Å². The maximum atomic E-state index is 10.0. The van der Waals surface area contributed by atoms with Crippen molar-refractivity contribution in [2.45, 2.75) is 44.2 Å². The minimum Gasteiger partial charge on any atom is -0.391 e. The van der Waals surface area contributed by atoms with E-state index in [2.05, 4.69) is 10.3 Å². The number of hydrogen-bond acceptors (Lipinski definition) is 4. The van der Waals surface area contributed by atoms with Crippen molar-refractivity contribution in [1.29, 1.82) is 0 Å². The van der Waals surface area contributed by atoms with Gasteiger partial charge in [0.2, 0.25) is 0 Å². The van der Waals surface area contributed by atoms with Gasteiger partial charge in [-0.1, -0.05) is 37.5 Å².